The molecule has 0 bridgehead atoms. The van der Waals surface area contributed by atoms with Crippen molar-refractivity contribution in [1.82, 2.24) is 31.2 Å². The lowest BCUT2D eigenvalue weighted by Crippen LogP contribution is -2.59. The van der Waals surface area contributed by atoms with Gasteiger partial charge in [-0.05, 0) is 24.0 Å². The third-order valence-electron chi connectivity index (χ3n) is 7.11. The van der Waals surface area contributed by atoms with E-state index in [4.69, 9.17) is 17.2 Å². The molecule has 15 nitrogen and oxygen atoms in total. The second-order valence-electron chi connectivity index (χ2n) is 10.9. The lowest BCUT2D eigenvalue weighted by Gasteiger charge is -2.26. The van der Waals surface area contributed by atoms with Gasteiger partial charge in [0.05, 0.1) is 6.33 Å². The predicted molar refractivity (Wildman–Crippen MR) is 175 cm³/mol. The number of aliphatic imine (C=N–C) groups is 1. The zero-order valence-corrected chi connectivity index (χ0v) is 26.1. The first kappa shape index (κ1) is 35.7. The number of aromatic amines is 1. The normalized spacial score (nSPS) is 13.2. The van der Waals surface area contributed by atoms with Crippen LogP contribution in [-0.4, -0.2) is 76.2 Å². The lowest BCUT2D eigenvalue weighted by atomic mass is 10.0. The van der Waals surface area contributed by atoms with Gasteiger partial charge >= 0.3 is 0 Å². The fraction of sp³-hybridized carbons (Fsp3) is 0.344. The van der Waals surface area contributed by atoms with Crippen LogP contribution in [0.2, 0.25) is 0 Å². The fourth-order valence-corrected chi connectivity index (χ4v) is 4.79. The summed E-state index contributed by atoms with van der Waals surface area (Å²) in [6, 6.07) is 13.7. The molecule has 0 aliphatic rings. The monoisotopic (exact) mass is 646 g/mol. The summed E-state index contributed by atoms with van der Waals surface area (Å²) in [4.78, 5) is 75.9. The molecule has 0 aliphatic heterocycles. The molecule has 250 valence electrons. The molecular formula is C32H42N10O5. The Hall–Kier alpha value is -5.73. The Morgan fingerprint density at radius 3 is 1.74 bits per heavy atom. The third-order valence-corrected chi connectivity index (χ3v) is 7.11. The zero-order chi connectivity index (χ0) is 34.2. The average Bonchev–Trinajstić information content (AvgIpc) is 3.55. The smallest absolute Gasteiger partial charge is 0.243 e. The number of nitrogens with two attached hydrogens (primary N) is 3. The van der Waals surface area contributed by atoms with Crippen molar-refractivity contribution < 1.29 is 24.0 Å². The molecule has 0 saturated carbocycles. The van der Waals surface area contributed by atoms with Gasteiger partial charge in [-0.15, -0.1) is 0 Å². The number of nitrogens with one attached hydrogen (secondary N) is 5. The number of hydrogen-bond acceptors (Lipinski definition) is 7. The number of amides is 5. The van der Waals surface area contributed by atoms with Crippen molar-refractivity contribution in [2.24, 2.45) is 22.2 Å². The molecule has 5 amide bonds. The van der Waals surface area contributed by atoms with E-state index in [1.165, 1.54) is 19.4 Å². The Labute approximate surface area is 272 Å². The van der Waals surface area contributed by atoms with Crippen LogP contribution in [0, 0.1) is 0 Å². The van der Waals surface area contributed by atoms with Crippen molar-refractivity contribution in [2.45, 2.75) is 63.2 Å². The van der Waals surface area contributed by atoms with Crippen LogP contribution in [0.4, 0.5) is 0 Å². The lowest BCUT2D eigenvalue weighted by molar-refractivity contribution is -0.134. The molecule has 1 aromatic heterocycles. The van der Waals surface area contributed by atoms with Gasteiger partial charge in [-0.25, -0.2) is 4.98 Å². The molecule has 3 rings (SSSR count). The number of hydrogen-bond donors (Lipinski definition) is 8. The first-order chi connectivity index (χ1) is 22.5. The highest BCUT2D eigenvalue weighted by Crippen LogP contribution is 2.09. The molecule has 2 aromatic carbocycles. The van der Waals surface area contributed by atoms with Gasteiger partial charge in [0.25, 0.3) is 0 Å². The SMILES string of the molecule is CC(=O)N[C@@H](Cc1cnc[nH]1)C(=O)N[C@@H](Cc1ccccc1)C(=O)N[C@@H](CCCN=C(N)N)C(=O)N[C@@H](Cc1ccccc1)C(N)=O. The summed E-state index contributed by atoms with van der Waals surface area (Å²) < 4.78 is 0. The predicted octanol–water partition coefficient (Wildman–Crippen LogP) is -1.06. The van der Waals surface area contributed by atoms with Crippen molar-refractivity contribution in [3.63, 3.8) is 0 Å². The fourth-order valence-electron chi connectivity index (χ4n) is 4.79. The molecule has 0 saturated heterocycles. The van der Waals surface area contributed by atoms with Crippen molar-refractivity contribution in [3.8, 4) is 0 Å². The van der Waals surface area contributed by atoms with E-state index in [2.05, 4.69) is 36.2 Å². The number of carbonyl (C=O) groups excluding carboxylic acids is 5. The second kappa shape index (κ2) is 18.3. The maximum atomic E-state index is 13.8. The highest BCUT2D eigenvalue weighted by molar-refractivity contribution is 5.95. The summed E-state index contributed by atoms with van der Waals surface area (Å²) >= 11 is 0. The van der Waals surface area contributed by atoms with Crippen LogP contribution < -0.4 is 38.5 Å². The van der Waals surface area contributed by atoms with Crippen LogP contribution in [-0.2, 0) is 43.2 Å². The Kier molecular flexibility index (Phi) is 13.9. The Morgan fingerprint density at radius 1 is 0.723 bits per heavy atom. The van der Waals surface area contributed by atoms with E-state index in [0.717, 1.165) is 11.1 Å². The number of rotatable bonds is 18. The minimum atomic E-state index is -1.15. The molecule has 0 aliphatic carbocycles. The number of imidazole rings is 1. The van der Waals surface area contributed by atoms with E-state index in [-0.39, 0.29) is 38.2 Å². The molecule has 0 radical (unpaired) electrons. The highest BCUT2D eigenvalue weighted by Gasteiger charge is 2.31. The van der Waals surface area contributed by atoms with Gasteiger partial charge < -0.3 is 43.5 Å². The van der Waals surface area contributed by atoms with Gasteiger partial charge in [0.1, 0.15) is 24.2 Å². The minimum absolute atomic E-state index is 0.0789. The second-order valence-corrected chi connectivity index (χ2v) is 10.9. The summed E-state index contributed by atoms with van der Waals surface area (Å²) in [7, 11) is 0. The molecule has 1 heterocycles. The van der Waals surface area contributed by atoms with Crippen molar-refractivity contribution in [3.05, 3.63) is 90.0 Å². The molecule has 0 spiro atoms. The van der Waals surface area contributed by atoms with Gasteiger partial charge in [-0.1, -0.05) is 60.7 Å². The van der Waals surface area contributed by atoms with Crippen molar-refractivity contribution >= 4 is 35.5 Å². The summed E-state index contributed by atoms with van der Waals surface area (Å²) in [6.07, 6.45) is 3.70. The first-order valence-electron chi connectivity index (χ1n) is 15.1. The van der Waals surface area contributed by atoms with Crippen LogP contribution in [0.5, 0.6) is 0 Å². The van der Waals surface area contributed by atoms with Crippen molar-refractivity contribution in [1.29, 1.82) is 0 Å². The van der Waals surface area contributed by atoms with E-state index in [1.54, 1.807) is 48.5 Å². The van der Waals surface area contributed by atoms with Crippen LogP contribution in [0.3, 0.4) is 0 Å². The Morgan fingerprint density at radius 2 is 1.23 bits per heavy atom. The average molecular weight is 647 g/mol. The highest BCUT2D eigenvalue weighted by atomic mass is 16.2. The molecule has 3 aromatic rings. The van der Waals surface area contributed by atoms with Crippen LogP contribution in [0.1, 0.15) is 36.6 Å². The molecule has 4 atom stereocenters. The number of benzene rings is 2. The number of nitrogens with zero attached hydrogens (tertiary/aromatic N) is 2. The number of primary amides is 1. The van der Waals surface area contributed by atoms with Crippen molar-refractivity contribution in [2.75, 3.05) is 6.54 Å². The maximum absolute atomic E-state index is 13.8. The minimum Gasteiger partial charge on any atom is -0.370 e. The number of guanidine groups is 1. The summed E-state index contributed by atoms with van der Waals surface area (Å²) in [5, 5.41) is 10.7. The number of H-pyrrole nitrogens is 1. The Balaban J connectivity index is 1.83. The number of carbonyl (C=O) groups is 5. The quantitative estimate of drug-likeness (QED) is 0.0479. The largest absolute Gasteiger partial charge is 0.370 e. The Bertz CT molecular complexity index is 1490. The first-order valence-corrected chi connectivity index (χ1v) is 15.1. The molecule has 15 heteroatoms. The number of aromatic nitrogens is 2. The van der Waals surface area contributed by atoms with Gasteiger partial charge in [0.15, 0.2) is 5.96 Å². The van der Waals surface area contributed by atoms with Gasteiger partial charge in [-0.3, -0.25) is 29.0 Å². The topological polar surface area (TPSA) is 253 Å². The standard InChI is InChI=1S/C32H42N10O5/c1-20(43)39-27(17-23-18-36-19-38-23)31(47)42-26(16-22-11-6-3-7-12-22)30(46)40-24(13-8-14-37-32(34)35)29(45)41-25(28(33)44)15-21-9-4-2-5-10-21/h2-7,9-12,18-19,24-27H,8,13-17H2,1H3,(H2,33,44)(H,36,38)(H,39,43)(H,40,46)(H,41,45)(H,42,47)(H4,34,35,37)/t24-,25-,26-,27-/m0/s1. The maximum Gasteiger partial charge on any atom is 0.243 e. The van der Waals surface area contributed by atoms with Gasteiger partial charge in [0.2, 0.25) is 29.5 Å². The summed E-state index contributed by atoms with van der Waals surface area (Å²) in [5.74, 6) is -3.24. The molecule has 0 fully saturated rings. The van der Waals surface area contributed by atoms with Crippen LogP contribution >= 0.6 is 0 Å². The molecule has 0 unspecified atom stereocenters. The molecule has 47 heavy (non-hydrogen) atoms. The molecular weight excluding hydrogens is 604 g/mol. The van der Waals surface area contributed by atoms with Gasteiger partial charge in [-0.2, -0.15) is 0 Å². The van der Waals surface area contributed by atoms with E-state index >= 15 is 0 Å². The summed E-state index contributed by atoms with van der Waals surface area (Å²) in [6.45, 7) is 1.46. The van der Waals surface area contributed by atoms with E-state index in [0.29, 0.717) is 12.1 Å². The van der Waals surface area contributed by atoms with Crippen LogP contribution in [0.25, 0.3) is 0 Å². The van der Waals surface area contributed by atoms with Crippen LogP contribution in [0.15, 0.2) is 78.2 Å². The third kappa shape index (κ3) is 12.7. The summed E-state index contributed by atoms with van der Waals surface area (Å²) in [5.41, 5.74) is 18.6. The molecule has 11 N–H and O–H groups in total. The van der Waals surface area contributed by atoms with E-state index in [1.807, 2.05) is 12.1 Å². The van der Waals surface area contributed by atoms with E-state index < -0.39 is 53.7 Å². The van der Waals surface area contributed by atoms with E-state index in [9.17, 15) is 24.0 Å². The zero-order valence-electron chi connectivity index (χ0n) is 26.1. The van der Waals surface area contributed by atoms with Gasteiger partial charge in [0, 0.05) is 44.6 Å².